The predicted octanol–water partition coefficient (Wildman–Crippen LogP) is 2.83. The first-order valence-electron chi connectivity index (χ1n) is 9.17. The molecule has 3 aromatic rings. The Morgan fingerprint density at radius 1 is 1.41 bits per heavy atom. The summed E-state index contributed by atoms with van der Waals surface area (Å²) >= 11 is 0. The summed E-state index contributed by atoms with van der Waals surface area (Å²) in [6.45, 7) is 2.42. The molecule has 1 N–H and O–H groups in total. The summed E-state index contributed by atoms with van der Waals surface area (Å²) in [5, 5.41) is 7.10. The molecule has 1 unspecified atom stereocenters. The van der Waals surface area contributed by atoms with E-state index in [0.717, 1.165) is 49.5 Å². The highest BCUT2D eigenvalue weighted by atomic mass is 16.5. The SMILES string of the molecule is COc1cccc(-c2[nH]ncc2C(=O)N2CCCC(Cn3ccnc3)C2)c1. The number of hydrogen-bond donors (Lipinski definition) is 1. The summed E-state index contributed by atoms with van der Waals surface area (Å²) in [7, 11) is 1.63. The first kappa shape index (κ1) is 17.3. The molecule has 1 aliphatic heterocycles. The van der Waals surface area contributed by atoms with E-state index >= 15 is 0 Å². The van der Waals surface area contributed by atoms with E-state index < -0.39 is 0 Å². The molecule has 27 heavy (non-hydrogen) atoms. The third-order valence-electron chi connectivity index (χ3n) is 5.06. The number of aromatic nitrogens is 4. The number of nitrogens with one attached hydrogen (secondary N) is 1. The highest BCUT2D eigenvalue weighted by Crippen LogP contribution is 2.27. The fourth-order valence-electron chi connectivity index (χ4n) is 3.71. The molecule has 1 fully saturated rings. The van der Waals surface area contributed by atoms with Gasteiger partial charge < -0.3 is 14.2 Å². The number of imidazole rings is 1. The van der Waals surface area contributed by atoms with Crippen molar-refractivity contribution in [2.45, 2.75) is 19.4 Å². The Balaban J connectivity index is 1.52. The van der Waals surface area contributed by atoms with Crippen LogP contribution in [0.3, 0.4) is 0 Å². The fraction of sp³-hybridized carbons (Fsp3) is 0.350. The van der Waals surface area contributed by atoms with Crippen molar-refractivity contribution in [3.63, 3.8) is 0 Å². The van der Waals surface area contributed by atoms with Crippen LogP contribution in [-0.4, -0.2) is 50.8 Å². The minimum absolute atomic E-state index is 0.0249. The number of carbonyl (C=O) groups is 1. The molecule has 7 heteroatoms. The van der Waals surface area contributed by atoms with Crippen LogP contribution in [0.4, 0.5) is 0 Å². The van der Waals surface area contributed by atoms with Gasteiger partial charge in [0, 0.05) is 37.6 Å². The molecule has 0 saturated carbocycles. The standard InChI is InChI=1S/C20H23N5O2/c1-27-17-6-2-5-16(10-17)19-18(11-22-23-19)20(26)25-8-3-4-15(13-25)12-24-9-7-21-14-24/h2,5-7,9-11,14-15H,3-4,8,12-13H2,1H3,(H,22,23). The number of piperidine rings is 1. The number of nitrogens with zero attached hydrogens (tertiary/aromatic N) is 4. The van der Waals surface area contributed by atoms with Gasteiger partial charge in [-0.25, -0.2) is 4.98 Å². The van der Waals surface area contributed by atoms with Crippen molar-refractivity contribution in [1.29, 1.82) is 0 Å². The quantitative estimate of drug-likeness (QED) is 0.754. The molecule has 140 valence electrons. The van der Waals surface area contributed by atoms with Gasteiger partial charge in [0.2, 0.25) is 0 Å². The lowest BCUT2D eigenvalue weighted by molar-refractivity contribution is 0.0663. The predicted molar refractivity (Wildman–Crippen MR) is 101 cm³/mol. The normalized spacial score (nSPS) is 17.1. The molecular formula is C20H23N5O2. The van der Waals surface area contributed by atoms with Crippen molar-refractivity contribution < 1.29 is 9.53 Å². The first-order valence-corrected chi connectivity index (χ1v) is 9.17. The molecule has 2 aromatic heterocycles. The van der Waals surface area contributed by atoms with Gasteiger partial charge in [-0.2, -0.15) is 5.10 Å². The average molecular weight is 365 g/mol. The van der Waals surface area contributed by atoms with Crippen LogP contribution >= 0.6 is 0 Å². The second-order valence-electron chi connectivity index (χ2n) is 6.91. The van der Waals surface area contributed by atoms with Gasteiger partial charge in [-0.3, -0.25) is 9.89 Å². The van der Waals surface area contributed by atoms with E-state index in [4.69, 9.17) is 4.74 Å². The van der Waals surface area contributed by atoms with Gasteiger partial charge >= 0.3 is 0 Å². The maximum atomic E-state index is 13.2. The van der Waals surface area contributed by atoms with E-state index in [9.17, 15) is 4.79 Å². The van der Waals surface area contributed by atoms with Crippen LogP contribution in [0.1, 0.15) is 23.2 Å². The summed E-state index contributed by atoms with van der Waals surface area (Å²) in [5.74, 6) is 1.21. The minimum atomic E-state index is 0.0249. The molecule has 1 aromatic carbocycles. The maximum Gasteiger partial charge on any atom is 0.257 e. The Bertz CT molecular complexity index is 903. The Morgan fingerprint density at radius 2 is 2.33 bits per heavy atom. The zero-order valence-corrected chi connectivity index (χ0v) is 15.3. The van der Waals surface area contributed by atoms with Gasteiger partial charge in [-0.1, -0.05) is 12.1 Å². The molecule has 0 spiro atoms. The van der Waals surface area contributed by atoms with E-state index in [2.05, 4.69) is 19.7 Å². The maximum absolute atomic E-state index is 13.2. The molecule has 0 aliphatic carbocycles. The Labute approximate surface area is 158 Å². The number of amides is 1. The van der Waals surface area contributed by atoms with Crippen molar-refractivity contribution in [3.8, 4) is 17.0 Å². The number of likely N-dealkylation sites (tertiary alicyclic amines) is 1. The highest BCUT2D eigenvalue weighted by Gasteiger charge is 2.27. The van der Waals surface area contributed by atoms with Gasteiger partial charge in [0.05, 0.1) is 30.9 Å². The summed E-state index contributed by atoms with van der Waals surface area (Å²) in [6.07, 6.45) is 9.34. The Hall–Kier alpha value is -3.09. The van der Waals surface area contributed by atoms with Crippen LogP contribution in [0.25, 0.3) is 11.3 Å². The Kier molecular flexibility index (Phi) is 4.91. The number of aromatic amines is 1. The van der Waals surface area contributed by atoms with E-state index in [0.29, 0.717) is 11.5 Å². The fourth-order valence-corrected chi connectivity index (χ4v) is 3.71. The van der Waals surface area contributed by atoms with Crippen molar-refractivity contribution in [3.05, 3.63) is 54.7 Å². The number of benzene rings is 1. The van der Waals surface area contributed by atoms with Gasteiger partial charge in [0.15, 0.2) is 0 Å². The molecule has 3 heterocycles. The molecule has 1 amide bonds. The molecule has 7 nitrogen and oxygen atoms in total. The van der Waals surface area contributed by atoms with Crippen LogP contribution in [0, 0.1) is 5.92 Å². The van der Waals surface area contributed by atoms with Crippen LogP contribution in [0.2, 0.25) is 0 Å². The van der Waals surface area contributed by atoms with Crippen molar-refractivity contribution in [1.82, 2.24) is 24.6 Å². The smallest absolute Gasteiger partial charge is 0.257 e. The zero-order valence-electron chi connectivity index (χ0n) is 15.3. The molecule has 4 rings (SSSR count). The van der Waals surface area contributed by atoms with Crippen LogP contribution in [-0.2, 0) is 6.54 Å². The summed E-state index contributed by atoms with van der Waals surface area (Å²) in [4.78, 5) is 19.2. The molecule has 1 saturated heterocycles. The molecule has 1 aliphatic rings. The second-order valence-corrected chi connectivity index (χ2v) is 6.91. The number of hydrogen-bond acceptors (Lipinski definition) is 4. The topological polar surface area (TPSA) is 76.0 Å². The van der Waals surface area contributed by atoms with Crippen LogP contribution < -0.4 is 4.74 Å². The molecule has 0 bridgehead atoms. The summed E-state index contributed by atoms with van der Waals surface area (Å²) in [6, 6.07) is 7.64. The largest absolute Gasteiger partial charge is 0.497 e. The average Bonchev–Trinajstić information content (AvgIpc) is 3.39. The van der Waals surface area contributed by atoms with Gasteiger partial charge in [-0.05, 0) is 30.9 Å². The van der Waals surface area contributed by atoms with E-state index in [1.54, 1.807) is 19.5 Å². The minimum Gasteiger partial charge on any atom is -0.497 e. The third kappa shape index (κ3) is 3.72. The number of ether oxygens (including phenoxy) is 1. The molecule has 1 atom stereocenters. The summed E-state index contributed by atoms with van der Waals surface area (Å²) in [5.41, 5.74) is 2.23. The summed E-state index contributed by atoms with van der Waals surface area (Å²) < 4.78 is 7.38. The molecular weight excluding hydrogens is 342 g/mol. The highest BCUT2D eigenvalue weighted by molar-refractivity contribution is 5.99. The van der Waals surface area contributed by atoms with Gasteiger partial charge in [-0.15, -0.1) is 0 Å². The van der Waals surface area contributed by atoms with Crippen molar-refractivity contribution in [2.75, 3.05) is 20.2 Å². The first-order chi connectivity index (χ1) is 13.2. The third-order valence-corrected chi connectivity index (χ3v) is 5.06. The van der Waals surface area contributed by atoms with Crippen molar-refractivity contribution in [2.24, 2.45) is 5.92 Å². The zero-order chi connectivity index (χ0) is 18.6. The monoisotopic (exact) mass is 365 g/mol. The van der Waals surface area contributed by atoms with Crippen LogP contribution in [0.5, 0.6) is 5.75 Å². The van der Waals surface area contributed by atoms with Crippen LogP contribution in [0.15, 0.2) is 49.2 Å². The van der Waals surface area contributed by atoms with E-state index in [1.165, 1.54) is 0 Å². The lowest BCUT2D eigenvalue weighted by Gasteiger charge is -2.33. The van der Waals surface area contributed by atoms with E-state index in [-0.39, 0.29) is 5.91 Å². The number of H-pyrrole nitrogens is 1. The molecule has 0 radical (unpaired) electrons. The number of rotatable bonds is 5. The lowest BCUT2D eigenvalue weighted by atomic mass is 9.97. The van der Waals surface area contributed by atoms with Gasteiger partial charge in [0.1, 0.15) is 5.75 Å². The Morgan fingerprint density at radius 3 is 3.15 bits per heavy atom. The number of methoxy groups -OCH3 is 1. The van der Waals surface area contributed by atoms with Crippen molar-refractivity contribution >= 4 is 5.91 Å². The van der Waals surface area contributed by atoms with E-state index in [1.807, 2.05) is 41.7 Å². The second kappa shape index (κ2) is 7.65. The lowest BCUT2D eigenvalue weighted by Crippen LogP contribution is -2.41. The van der Waals surface area contributed by atoms with Gasteiger partial charge in [0.25, 0.3) is 5.91 Å². The number of carbonyl (C=O) groups excluding carboxylic acids is 1.